The molecule has 5 nitrogen and oxygen atoms in total. The van der Waals surface area contributed by atoms with Crippen LogP contribution in [-0.2, 0) is 0 Å². The molecule has 1 heterocycles. The third-order valence-corrected chi connectivity index (χ3v) is 2.65. The first-order chi connectivity index (χ1) is 9.13. The van der Waals surface area contributed by atoms with Crippen LogP contribution in [0.5, 0.6) is 5.88 Å². The van der Waals surface area contributed by atoms with E-state index in [0.29, 0.717) is 35.2 Å². The second-order valence-electron chi connectivity index (χ2n) is 3.91. The monoisotopic (exact) mass is 262 g/mol. The molecule has 0 radical (unpaired) electrons. The first-order valence-electron chi connectivity index (χ1n) is 5.89. The highest BCUT2D eigenvalue weighted by atomic mass is 19.1. The summed E-state index contributed by atoms with van der Waals surface area (Å²) in [6.07, 6.45) is 1.35. The zero-order valence-corrected chi connectivity index (χ0v) is 10.8. The number of rotatable bonds is 4. The number of halogens is 1. The third kappa shape index (κ3) is 2.73. The second-order valence-corrected chi connectivity index (χ2v) is 3.91. The van der Waals surface area contributed by atoms with E-state index in [0.717, 1.165) is 0 Å². The van der Waals surface area contributed by atoms with Gasteiger partial charge in [0.25, 0.3) is 0 Å². The van der Waals surface area contributed by atoms with Gasteiger partial charge in [0.1, 0.15) is 17.8 Å². The van der Waals surface area contributed by atoms with Crippen molar-refractivity contribution < 1.29 is 9.13 Å². The number of ether oxygens (including phenoxy) is 1. The minimum atomic E-state index is -0.289. The Labute approximate surface area is 110 Å². The lowest BCUT2D eigenvalue weighted by Crippen LogP contribution is -2.05. The summed E-state index contributed by atoms with van der Waals surface area (Å²) in [5.74, 6) is 0.420. The van der Waals surface area contributed by atoms with Crippen LogP contribution >= 0.6 is 0 Å². The van der Waals surface area contributed by atoms with E-state index in [1.165, 1.54) is 12.4 Å². The van der Waals surface area contributed by atoms with Gasteiger partial charge in [-0.1, -0.05) is 6.07 Å². The van der Waals surface area contributed by atoms with Gasteiger partial charge in [0.2, 0.25) is 5.88 Å². The largest absolute Gasteiger partial charge is 0.476 e. The average Bonchev–Trinajstić information content (AvgIpc) is 2.40. The molecule has 0 saturated heterocycles. The first kappa shape index (κ1) is 13.1. The molecule has 1 aromatic carbocycles. The van der Waals surface area contributed by atoms with Gasteiger partial charge in [-0.3, -0.25) is 0 Å². The molecule has 6 heteroatoms. The molecule has 0 spiro atoms. The fourth-order valence-corrected chi connectivity index (χ4v) is 1.60. The maximum Gasteiger partial charge on any atom is 0.242 e. The molecular weight excluding hydrogens is 247 g/mol. The molecule has 100 valence electrons. The summed E-state index contributed by atoms with van der Waals surface area (Å²) >= 11 is 0. The van der Waals surface area contributed by atoms with Crippen molar-refractivity contribution in [3.8, 4) is 5.88 Å². The highest BCUT2D eigenvalue weighted by molar-refractivity contribution is 5.73. The van der Waals surface area contributed by atoms with E-state index < -0.39 is 0 Å². The number of anilines is 3. The summed E-state index contributed by atoms with van der Waals surface area (Å²) in [5.41, 5.74) is 7.30. The summed E-state index contributed by atoms with van der Waals surface area (Å²) in [6, 6.07) is 4.77. The molecular formula is C13H15FN4O. The number of nitrogens with two attached hydrogens (primary N) is 1. The van der Waals surface area contributed by atoms with Gasteiger partial charge in [-0.2, -0.15) is 4.98 Å². The minimum Gasteiger partial charge on any atom is -0.476 e. The fraction of sp³-hybridized carbons (Fsp3) is 0.231. The number of hydrogen-bond donors (Lipinski definition) is 2. The molecule has 0 unspecified atom stereocenters. The number of nitrogen functional groups attached to an aromatic ring is 1. The Bertz CT molecular complexity index is 589. The van der Waals surface area contributed by atoms with Crippen LogP contribution in [0, 0.1) is 12.7 Å². The number of hydrogen-bond acceptors (Lipinski definition) is 5. The summed E-state index contributed by atoms with van der Waals surface area (Å²) in [4.78, 5) is 7.98. The van der Waals surface area contributed by atoms with Crippen LogP contribution in [0.25, 0.3) is 0 Å². The summed E-state index contributed by atoms with van der Waals surface area (Å²) in [5, 5.41) is 2.98. The highest BCUT2D eigenvalue weighted by Gasteiger charge is 2.11. The van der Waals surface area contributed by atoms with Gasteiger partial charge in [-0.25, -0.2) is 9.37 Å². The fourth-order valence-electron chi connectivity index (χ4n) is 1.60. The minimum absolute atomic E-state index is 0.289. The van der Waals surface area contributed by atoms with Crippen LogP contribution < -0.4 is 15.8 Å². The SMILES string of the molecule is CCOc1ncnc(Nc2cccc(F)c2C)c1N. The Morgan fingerprint density at radius 3 is 2.89 bits per heavy atom. The molecule has 19 heavy (non-hydrogen) atoms. The smallest absolute Gasteiger partial charge is 0.242 e. The van der Waals surface area contributed by atoms with Crippen molar-refractivity contribution in [3.05, 3.63) is 35.9 Å². The van der Waals surface area contributed by atoms with Crippen LogP contribution in [0.15, 0.2) is 24.5 Å². The van der Waals surface area contributed by atoms with Crippen LogP contribution in [-0.4, -0.2) is 16.6 Å². The van der Waals surface area contributed by atoms with E-state index in [1.807, 2.05) is 6.92 Å². The van der Waals surface area contributed by atoms with Gasteiger partial charge < -0.3 is 15.8 Å². The first-order valence-corrected chi connectivity index (χ1v) is 5.89. The molecule has 2 aromatic rings. The third-order valence-electron chi connectivity index (χ3n) is 2.65. The highest BCUT2D eigenvalue weighted by Crippen LogP contribution is 2.29. The molecule has 0 aliphatic heterocycles. The number of aromatic nitrogens is 2. The van der Waals surface area contributed by atoms with Crippen molar-refractivity contribution in [1.29, 1.82) is 0 Å². The van der Waals surface area contributed by atoms with Crippen molar-refractivity contribution >= 4 is 17.2 Å². The molecule has 2 rings (SSSR count). The van der Waals surface area contributed by atoms with E-state index in [4.69, 9.17) is 10.5 Å². The normalized spacial score (nSPS) is 10.3. The molecule has 0 atom stereocenters. The molecule has 1 aromatic heterocycles. The van der Waals surface area contributed by atoms with E-state index >= 15 is 0 Å². The molecule has 0 aliphatic carbocycles. The summed E-state index contributed by atoms with van der Waals surface area (Å²) in [7, 11) is 0. The Morgan fingerprint density at radius 1 is 1.37 bits per heavy atom. The zero-order valence-electron chi connectivity index (χ0n) is 10.8. The van der Waals surface area contributed by atoms with Crippen LogP contribution in [0.4, 0.5) is 21.6 Å². The maximum atomic E-state index is 13.5. The summed E-state index contributed by atoms with van der Waals surface area (Å²) in [6.45, 7) is 3.98. The van der Waals surface area contributed by atoms with Crippen molar-refractivity contribution in [1.82, 2.24) is 9.97 Å². The quantitative estimate of drug-likeness (QED) is 0.886. The number of nitrogens with zero attached hydrogens (tertiary/aromatic N) is 2. The van der Waals surface area contributed by atoms with Crippen molar-refractivity contribution in [2.45, 2.75) is 13.8 Å². The number of nitrogens with one attached hydrogen (secondary N) is 1. The molecule has 0 amide bonds. The van der Waals surface area contributed by atoms with Gasteiger partial charge in [0.05, 0.1) is 6.61 Å². The standard InChI is InChI=1S/C13H15FN4O/c1-3-19-13-11(15)12(16-7-17-13)18-10-6-4-5-9(14)8(10)2/h4-7H,3,15H2,1-2H3,(H,16,17,18). The van der Waals surface area contributed by atoms with E-state index in [2.05, 4.69) is 15.3 Å². The Hall–Kier alpha value is -2.37. The van der Waals surface area contributed by atoms with Crippen molar-refractivity contribution in [2.75, 3.05) is 17.7 Å². The van der Waals surface area contributed by atoms with Gasteiger partial charge in [-0.05, 0) is 26.0 Å². The lowest BCUT2D eigenvalue weighted by molar-refractivity contribution is 0.328. The lowest BCUT2D eigenvalue weighted by Gasteiger charge is -2.12. The lowest BCUT2D eigenvalue weighted by atomic mass is 10.2. The summed E-state index contributed by atoms with van der Waals surface area (Å²) < 4.78 is 18.7. The van der Waals surface area contributed by atoms with E-state index in [-0.39, 0.29) is 5.82 Å². The van der Waals surface area contributed by atoms with Crippen LogP contribution in [0.2, 0.25) is 0 Å². The average molecular weight is 262 g/mol. The predicted molar refractivity (Wildman–Crippen MR) is 72.0 cm³/mol. The predicted octanol–water partition coefficient (Wildman–Crippen LogP) is 2.65. The Morgan fingerprint density at radius 2 is 2.16 bits per heavy atom. The van der Waals surface area contributed by atoms with E-state index in [9.17, 15) is 4.39 Å². The van der Waals surface area contributed by atoms with Gasteiger partial charge >= 0.3 is 0 Å². The van der Waals surface area contributed by atoms with Gasteiger partial charge in [-0.15, -0.1) is 0 Å². The van der Waals surface area contributed by atoms with Gasteiger partial charge in [0, 0.05) is 11.3 Å². The van der Waals surface area contributed by atoms with Crippen molar-refractivity contribution in [2.24, 2.45) is 0 Å². The van der Waals surface area contributed by atoms with Crippen molar-refractivity contribution in [3.63, 3.8) is 0 Å². The molecule has 0 bridgehead atoms. The van der Waals surface area contributed by atoms with Gasteiger partial charge in [0.15, 0.2) is 5.82 Å². The van der Waals surface area contributed by atoms with Crippen LogP contribution in [0.3, 0.4) is 0 Å². The van der Waals surface area contributed by atoms with Crippen LogP contribution in [0.1, 0.15) is 12.5 Å². The Balaban J connectivity index is 2.33. The number of benzene rings is 1. The zero-order chi connectivity index (χ0) is 13.8. The topological polar surface area (TPSA) is 73.1 Å². The molecule has 3 N–H and O–H groups in total. The molecule has 0 saturated carbocycles. The van der Waals surface area contributed by atoms with E-state index in [1.54, 1.807) is 19.1 Å². The molecule has 0 aliphatic rings. The second kappa shape index (κ2) is 5.51. The Kier molecular flexibility index (Phi) is 3.79. The maximum absolute atomic E-state index is 13.5. The molecule has 0 fully saturated rings.